The molecule has 112 valence electrons. The van der Waals surface area contributed by atoms with Gasteiger partial charge in [-0.15, -0.1) is 0 Å². The summed E-state index contributed by atoms with van der Waals surface area (Å²) in [6.45, 7) is 9.65. The lowest BCUT2D eigenvalue weighted by Crippen LogP contribution is -2.12. The number of hydrogen-bond donors (Lipinski definition) is 0. The monoisotopic (exact) mass is 272 g/mol. The van der Waals surface area contributed by atoms with E-state index in [-0.39, 0.29) is 23.9 Å². The minimum absolute atomic E-state index is 0.139. The van der Waals surface area contributed by atoms with Crippen molar-refractivity contribution in [1.29, 1.82) is 0 Å². The van der Waals surface area contributed by atoms with Gasteiger partial charge < -0.3 is 14.3 Å². The summed E-state index contributed by atoms with van der Waals surface area (Å²) in [6.07, 6.45) is 5.23. The van der Waals surface area contributed by atoms with Crippen LogP contribution in [0.4, 0.5) is 0 Å². The maximum absolute atomic E-state index is 11.0. The topological polar surface area (TPSA) is 60.4 Å². The van der Waals surface area contributed by atoms with E-state index in [0.717, 1.165) is 31.8 Å². The maximum Gasteiger partial charge on any atom is 0.305 e. The lowest BCUT2D eigenvalue weighted by molar-refractivity contribution is -0.145. The van der Waals surface area contributed by atoms with Crippen molar-refractivity contribution in [3.63, 3.8) is 0 Å². The van der Waals surface area contributed by atoms with E-state index in [4.69, 9.17) is 4.74 Å². The minimum atomic E-state index is -0.192. The van der Waals surface area contributed by atoms with Gasteiger partial charge in [-0.25, -0.2) is 0 Å². The maximum atomic E-state index is 11.0. The summed E-state index contributed by atoms with van der Waals surface area (Å²) in [5.41, 5.74) is -0.139. The van der Waals surface area contributed by atoms with Gasteiger partial charge in [0.05, 0.1) is 0 Å². The SMILES string of the molecule is CC(C)(C)C=O.CCCCCC(=O)OCC(C)C=O. The van der Waals surface area contributed by atoms with E-state index in [9.17, 15) is 14.4 Å². The Labute approximate surface area is 116 Å². The molecule has 0 aromatic carbocycles. The third-order valence-electron chi connectivity index (χ3n) is 2.08. The van der Waals surface area contributed by atoms with Crippen molar-refractivity contribution in [2.75, 3.05) is 6.61 Å². The molecular formula is C15H28O4. The Kier molecular flexibility index (Phi) is 12.6. The van der Waals surface area contributed by atoms with Crippen LogP contribution in [0.3, 0.4) is 0 Å². The summed E-state index contributed by atoms with van der Waals surface area (Å²) >= 11 is 0. The van der Waals surface area contributed by atoms with Crippen molar-refractivity contribution in [3.8, 4) is 0 Å². The van der Waals surface area contributed by atoms with Crippen molar-refractivity contribution >= 4 is 18.5 Å². The highest BCUT2D eigenvalue weighted by molar-refractivity contribution is 5.69. The van der Waals surface area contributed by atoms with Crippen LogP contribution in [0.25, 0.3) is 0 Å². The Morgan fingerprint density at radius 3 is 2.11 bits per heavy atom. The fourth-order valence-electron chi connectivity index (χ4n) is 0.855. The zero-order valence-corrected chi connectivity index (χ0v) is 12.9. The fraction of sp³-hybridized carbons (Fsp3) is 0.800. The summed E-state index contributed by atoms with van der Waals surface area (Å²) in [5, 5.41) is 0. The van der Waals surface area contributed by atoms with Gasteiger partial charge in [0.25, 0.3) is 0 Å². The quantitative estimate of drug-likeness (QED) is 0.406. The van der Waals surface area contributed by atoms with Crippen molar-refractivity contribution in [2.45, 2.75) is 60.3 Å². The van der Waals surface area contributed by atoms with Gasteiger partial charge >= 0.3 is 5.97 Å². The van der Waals surface area contributed by atoms with E-state index < -0.39 is 0 Å². The van der Waals surface area contributed by atoms with Crippen LogP contribution in [0.2, 0.25) is 0 Å². The molecule has 0 N–H and O–H groups in total. The smallest absolute Gasteiger partial charge is 0.305 e. The van der Waals surface area contributed by atoms with Gasteiger partial charge in [-0.05, 0) is 6.42 Å². The molecule has 0 radical (unpaired) electrons. The van der Waals surface area contributed by atoms with E-state index in [2.05, 4.69) is 6.92 Å². The lowest BCUT2D eigenvalue weighted by Gasteiger charge is -2.05. The van der Waals surface area contributed by atoms with Crippen molar-refractivity contribution in [1.82, 2.24) is 0 Å². The third kappa shape index (κ3) is 19.3. The summed E-state index contributed by atoms with van der Waals surface area (Å²) < 4.78 is 4.87. The highest BCUT2D eigenvalue weighted by Crippen LogP contribution is 2.05. The molecule has 4 heteroatoms. The molecule has 0 aliphatic heterocycles. The molecule has 0 fully saturated rings. The predicted octanol–water partition coefficient (Wildman–Crippen LogP) is 3.18. The first-order valence-electron chi connectivity index (χ1n) is 6.84. The molecule has 0 aliphatic carbocycles. The first kappa shape index (κ1) is 20.1. The molecule has 4 nitrogen and oxygen atoms in total. The molecule has 0 saturated carbocycles. The minimum Gasteiger partial charge on any atom is -0.465 e. The molecule has 1 atom stereocenters. The summed E-state index contributed by atoms with van der Waals surface area (Å²) in [4.78, 5) is 31.0. The number of unbranched alkanes of at least 4 members (excludes halogenated alkanes) is 2. The second-order valence-corrected chi connectivity index (χ2v) is 5.74. The zero-order chi connectivity index (χ0) is 15.3. The number of aldehydes is 2. The van der Waals surface area contributed by atoms with Crippen LogP contribution >= 0.6 is 0 Å². The Morgan fingerprint density at radius 2 is 1.74 bits per heavy atom. The highest BCUT2D eigenvalue weighted by Gasteiger charge is 2.05. The molecule has 1 unspecified atom stereocenters. The molecule has 0 amide bonds. The molecule has 0 bridgehead atoms. The first-order valence-corrected chi connectivity index (χ1v) is 6.84. The van der Waals surface area contributed by atoms with Crippen LogP contribution in [0.5, 0.6) is 0 Å². The van der Waals surface area contributed by atoms with Crippen LogP contribution in [0, 0.1) is 11.3 Å². The molecule has 0 aromatic heterocycles. The van der Waals surface area contributed by atoms with Gasteiger partial charge in [0, 0.05) is 17.8 Å². The van der Waals surface area contributed by atoms with Gasteiger partial charge in [-0.1, -0.05) is 47.5 Å². The van der Waals surface area contributed by atoms with E-state index >= 15 is 0 Å². The largest absolute Gasteiger partial charge is 0.465 e. The number of carbonyl (C=O) groups excluding carboxylic acids is 3. The number of rotatable bonds is 7. The molecule has 0 saturated heterocycles. The van der Waals surface area contributed by atoms with Gasteiger partial charge in [0.15, 0.2) is 0 Å². The fourth-order valence-corrected chi connectivity index (χ4v) is 0.855. The highest BCUT2D eigenvalue weighted by atomic mass is 16.5. The van der Waals surface area contributed by atoms with Crippen LogP contribution in [-0.4, -0.2) is 25.1 Å². The van der Waals surface area contributed by atoms with Crippen molar-refractivity contribution in [3.05, 3.63) is 0 Å². The molecule has 0 aliphatic rings. The first-order chi connectivity index (χ1) is 8.76. The van der Waals surface area contributed by atoms with Crippen LogP contribution in [0.15, 0.2) is 0 Å². The van der Waals surface area contributed by atoms with Gasteiger partial charge in [0.2, 0.25) is 0 Å². The Bertz CT molecular complexity index is 253. The normalized spacial score (nSPS) is 11.8. The number of hydrogen-bond acceptors (Lipinski definition) is 4. The Morgan fingerprint density at radius 1 is 1.21 bits per heavy atom. The second kappa shape index (κ2) is 11.9. The Hall–Kier alpha value is -1.19. The van der Waals surface area contributed by atoms with Crippen molar-refractivity contribution in [2.24, 2.45) is 11.3 Å². The summed E-state index contributed by atoms with van der Waals surface area (Å²) in [5.74, 6) is -0.378. The molecule has 0 heterocycles. The van der Waals surface area contributed by atoms with E-state index in [1.54, 1.807) is 6.92 Å². The van der Waals surface area contributed by atoms with Gasteiger partial charge in [-0.2, -0.15) is 0 Å². The van der Waals surface area contributed by atoms with E-state index in [0.29, 0.717) is 6.42 Å². The third-order valence-corrected chi connectivity index (χ3v) is 2.08. The van der Waals surface area contributed by atoms with Crippen LogP contribution < -0.4 is 0 Å². The number of carbonyl (C=O) groups is 3. The van der Waals surface area contributed by atoms with Gasteiger partial charge in [-0.3, -0.25) is 4.79 Å². The molecule has 0 rings (SSSR count). The lowest BCUT2D eigenvalue weighted by atomic mass is 10.0. The van der Waals surface area contributed by atoms with E-state index in [1.807, 2.05) is 20.8 Å². The van der Waals surface area contributed by atoms with Crippen molar-refractivity contribution < 1.29 is 19.1 Å². The van der Waals surface area contributed by atoms with E-state index in [1.165, 1.54) is 0 Å². The summed E-state index contributed by atoms with van der Waals surface area (Å²) in [6, 6.07) is 0. The average Bonchev–Trinajstić information content (AvgIpc) is 2.36. The zero-order valence-electron chi connectivity index (χ0n) is 12.9. The predicted molar refractivity (Wildman–Crippen MR) is 75.8 cm³/mol. The molecule has 0 aromatic rings. The molecule has 19 heavy (non-hydrogen) atoms. The van der Waals surface area contributed by atoms with Crippen LogP contribution in [0.1, 0.15) is 60.3 Å². The molecular weight excluding hydrogens is 244 g/mol. The van der Waals surface area contributed by atoms with Crippen LogP contribution in [-0.2, 0) is 19.1 Å². The summed E-state index contributed by atoms with van der Waals surface area (Å²) in [7, 11) is 0. The second-order valence-electron chi connectivity index (χ2n) is 5.74. The standard InChI is InChI=1S/C10H18O3.C5H10O/c1-3-4-5-6-10(12)13-8-9(2)7-11;1-5(2,3)4-6/h7,9H,3-6,8H2,1-2H3;4H,1-3H3. The number of esters is 1. The number of ether oxygens (including phenoxy) is 1. The average molecular weight is 272 g/mol. The molecule has 0 spiro atoms. The van der Waals surface area contributed by atoms with Gasteiger partial charge in [0.1, 0.15) is 19.2 Å². The Balaban J connectivity index is 0.